The summed E-state index contributed by atoms with van der Waals surface area (Å²) in [4.78, 5) is 14.3. The minimum Gasteiger partial charge on any atom is -0.351 e. The van der Waals surface area contributed by atoms with Crippen molar-refractivity contribution in [3.05, 3.63) is 35.4 Å². The lowest BCUT2D eigenvalue weighted by molar-refractivity contribution is -0.122. The molecule has 2 atom stereocenters. The van der Waals surface area contributed by atoms with Gasteiger partial charge in [-0.15, -0.1) is 0 Å². The van der Waals surface area contributed by atoms with E-state index in [1.165, 1.54) is 5.56 Å². The predicted molar refractivity (Wildman–Crippen MR) is 79.3 cm³/mol. The molecule has 1 aromatic carbocycles. The standard InChI is InChI=1S/C16H23N3O/c1-12-2-4-13(5-3-12)6-18-16(20)11-19-9-14-7-17-8-15(14)10-19/h2-5,14-15,17H,6-11H2,1H3,(H,18,20)/t14-,15+. The van der Waals surface area contributed by atoms with Crippen molar-refractivity contribution in [3.8, 4) is 0 Å². The average molecular weight is 273 g/mol. The number of carbonyl (C=O) groups excluding carboxylic acids is 1. The van der Waals surface area contributed by atoms with Gasteiger partial charge < -0.3 is 10.6 Å². The third-order valence-electron chi connectivity index (χ3n) is 4.44. The highest BCUT2D eigenvalue weighted by atomic mass is 16.2. The fraction of sp³-hybridized carbons (Fsp3) is 0.562. The molecule has 2 N–H and O–H groups in total. The summed E-state index contributed by atoms with van der Waals surface area (Å²) in [7, 11) is 0. The molecule has 2 aliphatic heterocycles. The van der Waals surface area contributed by atoms with Crippen LogP contribution in [0.3, 0.4) is 0 Å². The number of rotatable bonds is 4. The topological polar surface area (TPSA) is 44.4 Å². The van der Waals surface area contributed by atoms with Crippen LogP contribution in [0.2, 0.25) is 0 Å². The number of fused-ring (bicyclic) bond motifs is 1. The molecule has 0 aliphatic carbocycles. The molecular weight excluding hydrogens is 250 g/mol. The first-order valence-corrected chi connectivity index (χ1v) is 7.46. The van der Waals surface area contributed by atoms with Gasteiger partial charge in [0.1, 0.15) is 0 Å². The Morgan fingerprint density at radius 3 is 2.55 bits per heavy atom. The first-order chi connectivity index (χ1) is 9.70. The Balaban J connectivity index is 1.42. The van der Waals surface area contributed by atoms with E-state index in [4.69, 9.17) is 0 Å². The zero-order chi connectivity index (χ0) is 13.9. The van der Waals surface area contributed by atoms with Crippen molar-refractivity contribution in [1.82, 2.24) is 15.5 Å². The van der Waals surface area contributed by atoms with Gasteiger partial charge >= 0.3 is 0 Å². The van der Waals surface area contributed by atoms with Crippen LogP contribution in [0.15, 0.2) is 24.3 Å². The number of likely N-dealkylation sites (tertiary alicyclic amines) is 1. The summed E-state index contributed by atoms with van der Waals surface area (Å²) in [6, 6.07) is 8.30. The van der Waals surface area contributed by atoms with Crippen molar-refractivity contribution < 1.29 is 4.79 Å². The van der Waals surface area contributed by atoms with Crippen LogP contribution in [0.4, 0.5) is 0 Å². The molecule has 2 heterocycles. The van der Waals surface area contributed by atoms with Gasteiger partial charge in [0, 0.05) is 19.6 Å². The molecular formula is C16H23N3O. The van der Waals surface area contributed by atoms with Gasteiger partial charge in [-0.1, -0.05) is 29.8 Å². The Hall–Kier alpha value is -1.39. The molecule has 0 saturated carbocycles. The highest BCUT2D eigenvalue weighted by Gasteiger charge is 2.36. The van der Waals surface area contributed by atoms with Crippen LogP contribution in [-0.4, -0.2) is 43.5 Å². The molecule has 0 aromatic heterocycles. The van der Waals surface area contributed by atoms with Crippen molar-refractivity contribution in [2.75, 3.05) is 32.7 Å². The summed E-state index contributed by atoms with van der Waals surface area (Å²) < 4.78 is 0. The van der Waals surface area contributed by atoms with Crippen molar-refractivity contribution in [2.45, 2.75) is 13.5 Å². The van der Waals surface area contributed by atoms with Gasteiger partial charge in [0.05, 0.1) is 6.54 Å². The fourth-order valence-electron chi connectivity index (χ4n) is 3.25. The van der Waals surface area contributed by atoms with E-state index >= 15 is 0 Å². The number of carbonyl (C=O) groups is 1. The van der Waals surface area contributed by atoms with Crippen LogP contribution in [0.1, 0.15) is 11.1 Å². The van der Waals surface area contributed by atoms with E-state index in [0.29, 0.717) is 13.1 Å². The highest BCUT2D eigenvalue weighted by Crippen LogP contribution is 2.25. The lowest BCUT2D eigenvalue weighted by atomic mass is 10.0. The van der Waals surface area contributed by atoms with Crippen LogP contribution in [-0.2, 0) is 11.3 Å². The largest absolute Gasteiger partial charge is 0.351 e. The molecule has 2 fully saturated rings. The number of aryl methyl sites for hydroxylation is 1. The Bertz CT molecular complexity index is 459. The summed E-state index contributed by atoms with van der Waals surface area (Å²) in [6.07, 6.45) is 0. The Kier molecular flexibility index (Phi) is 4.03. The normalized spacial score (nSPS) is 25.6. The maximum atomic E-state index is 12.0. The van der Waals surface area contributed by atoms with Crippen LogP contribution in [0, 0.1) is 18.8 Å². The first-order valence-electron chi connectivity index (χ1n) is 7.46. The van der Waals surface area contributed by atoms with Gasteiger partial charge in [-0.3, -0.25) is 9.69 Å². The Morgan fingerprint density at radius 1 is 1.25 bits per heavy atom. The van der Waals surface area contributed by atoms with Crippen LogP contribution >= 0.6 is 0 Å². The third kappa shape index (κ3) is 3.19. The van der Waals surface area contributed by atoms with Crippen molar-refractivity contribution in [1.29, 1.82) is 0 Å². The summed E-state index contributed by atoms with van der Waals surface area (Å²) >= 11 is 0. The van der Waals surface area contributed by atoms with Gasteiger partial charge in [-0.2, -0.15) is 0 Å². The van der Waals surface area contributed by atoms with Crippen LogP contribution in [0.5, 0.6) is 0 Å². The van der Waals surface area contributed by atoms with Gasteiger partial charge in [0.25, 0.3) is 0 Å². The molecule has 0 bridgehead atoms. The predicted octanol–water partition coefficient (Wildman–Crippen LogP) is 0.762. The Morgan fingerprint density at radius 2 is 1.90 bits per heavy atom. The number of hydrogen-bond acceptors (Lipinski definition) is 3. The van der Waals surface area contributed by atoms with E-state index in [1.54, 1.807) is 0 Å². The number of amides is 1. The molecule has 3 rings (SSSR count). The zero-order valence-electron chi connectivity index (χ0n) is 12.1. The summed E-state index contributed by atoms with van der Waals surface area (Å²) in [5.41, 5.74) is 2.41. The summed E-state index contributed by atoms with van der Waals surface area (Å²) in [5, 5.41) is 6.44. The highest BCUT2D eigenvalue weighted by molar-refractivity contribution is 5.78. The van der Waals surface area contributed by atoms with E-state index in [1.807, 2.05) is 0 Å². The lowest BCUT2D eigenvalue weighted by Gasteiger charge is -2.16. The van der Waals surface area contributed by atoms with E-state index < -0.39 is 0 Å². The number of nitrogens with zero attached hydrogens (tertiary/aromatic N) is 1. The lowest BCUT2D eigenvalue weighted by Crippen LogP contribution is -2.37. The molecule has 2 aliphatic rings. The average Bonchev–Trinajstić information content (AvgIpc) is 2.99. The van der Waals surface area contributed by atoms with Gasteiger partial charge in [0.2, 0.25) is 5.91 Å². The molecule has 1 aromatic rings. The fourth-order valence-corrected chi connectivity index (χ4v) is 3.25. The van der Waals surface area contributed by atoms with Gasteiger partial charge in [0.15, 0.2) is 0 Å². The van der Waals surface area contributed by atoms with Gasteiger partial charge in [-0.25, -0.2) is 0 Å². The van der Waals surface area contributed by atoms with E-state index in [2.05, 4.69) is 46.7 Å². The van der Waals surface area contributed by atoms with Crippen molar-refractivity contribution in [3.63, 3.8) is 0 Å². The summed E-state index contributed by atoms with van der Waals surface area (Å²) in [5.74, 6) is 1.64. The molecule has 0 unspecified atom stereocenters. The second-order valence-electron chi connectivity index (χ2n) is 6.13. The quantitative estimate of drug-likeness (QED) is 0.851. The number of hydrogen-bond donors (Lipinski definition) is 2. The molecule has 4 nitrogen and oxygen atoms in total. The smallest absolute Gasteiger partial charge is 0.234 e. The molecule has 4 heteroatoms. The molecule has 0 radical (unpaired) electrons. The number of nitrogens with one attached hydrogen (secondary N) is 2. The maximum Gasteiger partial charge on any atom is 0.234 e. The van der Waals surface area contributed by atoms with E-state index in [0.717, 1.165) is 43.6 Å². The van der Waals surface area contributed by atoms with Crippen molar-refractivity contribution in [2.24, 2.45) is 11.8 Å². The monoisotopic (exact) mass is 273 g/mol. The molecule has 0 spiro atoms. The second-order valence-corrected chi connectivity index (χ2v) is 6.13. The molecule has 20 heavy (non-hydrogen) atoms. The van der Waals surface area contributed by atoms with E-state index in [9.17, 15) is 4.79 Å². The SMILES string of the molecule is Cc1ccc(CNC(=O)CN2C[C@H]3CNC[C@H]3C2)cc1. The van der Waals surface area contributed by atoms with Crippen molar-refractivity contribution >= 4 is 5.91 Å². The van der Waals surface area contributed by atoms with Crippen LogP contribution < -0.4 is 10.6 Å². The first kappa shape index (κ1) is 13.6. The van der Waals surface area contributed by atoms with Crippen LogP contribution in [0.25, 0.3) is 0 Å². The van der Waals surface area contributed by atoms with E-state index in [-0.39, 0.29) is 5.91 Å². The molecule has 2 saturated heterocycles. The minimum atomic E-state index is 0.138. The third-order valence-corrected chi connectivity index (χ3v) is 4.44. The van der Waals surface area contributed by atoms with Gasteiger partial charge in [-0.05, 0) is 37.4 Å². The second kappa shape index (κ2) is 5.94. The maximum absolute atomic E-state index is 12.0. The summed E-state index contributed by atoms with van der Waals surface area (Å²) in [6.45, 7) is 7.60. The zero-order valence-corrected chi connectivity index (χ0v) is 12.1. The molecule has 108 valence electrons. The molecule has 1 amide bonds. The Labute approximate surface area is 120 Å². The minimum absolute atomic E-state index is 0.138. The number of benzene rings is 1.